The van der Waals surface area contributed by atoms with Gasteiger partial charge in [-0.2, -0.15) is 0 Å². The SMILES string of the molecule is CCC(C)C(NC(=O)c1ccc(O)cc1C)C(=O)O. The number of phenols is 1. The maximum atomic E-state index is 12.1. The Hall–Kier alpha value is -2.04. The van der Waals surface area contributed by atoms with Gasteiger partial charge < -0.3 is 15.5 Å². The largest absolute Gasteiger partial charge is 0.508 e. The highest BCUT2D eigenvalue weighted by Gasteiger charge is 2.26. The van der Waals surface area contributed by atoms with Crippen LogP contribution in [0.5, 0.6) is 5.75 Å². The summed E-state index contributed by atoms with van der Waals surface area (Å²) in [7, 11) is 0. The number of amides is 1. The minimum absolute atomic E-state index is 0.0748. The third-order valence-electron chi connectivity index (χ3n) is 3.22. The Morgan fingerprint density at radius 1 is 1.37 bits per heavy atom. The van der Waals surface area contributed by atoms with Gasteiger partial charge in [0.05, 0.1) is 0 Å². The van der Waals surface area contributed by atoms with Crippen LogP contribution in [0, 0.1) is 12.8 Å². The average molecular weight is 265 g/mol. The Labute approximate surface area is 112 Å². The standard InChI is InChI=1S/C14H19NO4/c1-4-8(2)12(14(18)19)15-13(17)11-6-5-10(16)7-9(11)3/h5-8,12,16H,4H2,1-3H3,(H,15,17)(H,18,19). The van der Waals surface area contributed by atoms with E-state index in [2.05, 4.69) is 5.32 Å². The van der Waals surface area contributed by atoms with Gasteiger partial charge in [0.1, 0.15) is 11.8 Å². The number of phenolic OH excluding ortho intramolecular Hbond substituents is 1. The zero-order chi connectivity index (χ0) is 14.6. The number of carboxylic acid groups (broad SMARTS) is 1. The molecule has 2 atom stereocenters. The van der Waals surface area contributed by atoms with E-state index in [1.165, 1.54) is 18.2 Å². The molecule has 0 bridgehead atoms. The van der Waals surface area contributed by atoms with E-state index in [-0.39, 0.29) is 11.7 Å². The number of hydrogen-bond donors (Lipinski definition) is 3. The molecular weight excluding hydrogens is 246 g/mol. The third-order valence-corrected chi connectivity index (χ3v) is 3.22. The third kappa shape index (κ3) is 3.71. The van der Waals surface area contributed by atoms with Crippen molar-refractivity contribution >= 4 is 11.9 Å². The Kier molecular flexibility index (Phi) is 4.92. The smallest absolute Gasteiger partial charge is 0.326 e. The van der Waals surface area contributed by atoms with Crippen LogP contribution in [-0.4, -0.2) is 28.1 Å². The fourth-order valence-corrected chi connectivity index (χ4v) is 1.80. The number of aryl methyl sites for hydroxylation is 1. The summed E-state index contributed by atoms with van der Waals surface area (Å²) < 4.78 is 0. The van der Waals surface area contributed by atoms with Crippen molar-refractivity contribution in [1.82, 2.24) is 5.32 Å². The molecule has 1 rings (SSSR count). The average Bonchev–Trinajstić information content (AvgIpc) is 2.34. The molecule has 1 amide bonds. The second kappa shape index (κ2) is 6.22. The molecule has 104 valence electrons. The molecule has 0 aliphatic rings. The molecule has 0 aliphatic heterocycles. The summed E-state index contributed by atoms with van der Waals surface area (Å²) >= 11 is 0. The van der Waals surface area contributed by atoms with Gasteiger partial charge in [0.2, 0.25) is 0 Å². The van der Waals surface area contributed by atoms with Crippen LogP contribution in [0.15, 0.2) is 18.2 Å². The number of carbonyl (C=O) groups is 2. The number of rotatable bonds is 5. The maximum Gasteiger partial charge on any atom is 0.326 e. The van der Waals surface area contributed by atoms with Gasteiger partial charge in [0.25, 0.3) is 5.91 Å². The summed E-state index contributed by atoms with van der Waals surface area (Å²) in [6, 6.07) is 3.44. The highest BCUT2D eigenvalue weighted by Crippen LogP contribution is 2.16. The number of hydrogen-bond acceptors (Lipinski definition) is 3. The second-order valence-electron chi connectivity index (χ2n) is 4.67. The van der Waals surface area contributed by atoms with E-state index in [1.807, 2.05) is 6.92 Å². The second-order valence-corrected chi connectivity index (χ2v) is 4.67. The van der Waals surface area contributed by atoms with E-state index in [1.54, 1.807) is 13.8 Å². The molecule has 2 unspecified atom stereocenters. The van der Waals surface area contributed by atoms with E-state index in [0.29, 0.717) is 17.5 Å². The molecule has 19 heavy (non-hydrogen) atoms. The number of aromatic hydroxyl groups is 1. The van der Waals surface area contributed by atoms with Crippen molar-refractivity contribution in [3.8, 4) is 5.75 Å². The lowest BCUT2D eigenvalue weighted by molar-refractivity contribution is -0.140. The fourth-order valence-electron chi connectivity index (χ4n) is 1.80. The summed E-state index contributed by atoms with van der Waals surface area (Å²) in [6.07, 6.45) is 0.659. The molecule has 0 aromatic heterocycles. The molecule has 3 N–H and O–H groups in total. The van der Waals surface area contributed by atoms with Crippen molar-refractivity contribution in [3.63, 3.8) is 0 Å². The van der Waals surface area contributed by atoms with E-state index < -0.39 is 17.9 Å². The van der Waals surface area contributed by atoms with Crippen LogP contribution in [0.1, 0.15) is 36.2 Å². The predicted octanol–water partition coefficient (Wildman–Crippen LogP) is 1.93. The van der Waals surface area contributed by atoms with Crippen molar-refractivity contribution in [2.75, 3.05) is 0 Å². The van der Waals surface area contributed by atoms with Gasteiger partial charge >= 0.3 is 5.97 Å². The van der Waals surface area contributed by atoms with Gasteiger partial charge in [0, 0.05) is 5.56 Å². The number of benzene rings is 1. The van der Waals surface area contributed by atoms with Crippen LogP contribution in [0.2, 0.25) is 0 Å². The Morgan fingerprint density at radius 3 is 2.47 bits per heavy atom. The minimum Gasteiger partial charge on any atom is -0.508 e. The summed E-state index contributed by atoms with van der Waals surface area (Å²) in [5, 5.41) is 20.9. The molecule has 5 heteroatoms. The first-order chi connectivity index (χ1) is 8.86. The first-order valence-electron chi connectivity index (χ1n) is 6.20. The van der Waals surface area contributed by atoms with Crippen LogP contribution >= 0.6 is 0 Å². The molecule has 1 aromatic rings. The first-order valence-corrected chi connectivity index (χ1v) is 6.20. The predicted molar refractivity (Wildman–Crippen MR) is 71.2 cm³/mol. The van der Waals surface area contributed by atoms with Crippen LogP contribution in [0.3, 0.4) is 0 Å². The molecule has 0 spiro atoms. The lowest BCUT2D eigenvalue weighted by atomic mass is 9.98. The van der Waals surface area contributed by atoms with Crippen molar-refractivity contribution in [3.05, 3.63) is 29.3 Å². The summed E-state index contributed by atoms with van der Waals surface area (Å²) in [5.74, 6) is -1.56. The van der Waals surface area contributed by atoms with Gasteiger partial charge in [0.15, 0.2) is 0 Å². The van der Waals surface area contributed by atoms with Gasteiger partial charge in [-0.05, 0) is 36.6 Å². The molecule has 0 saturated carbocycles. The van der Waals surface area contributed by atoms with Gasteiger partial charge in [-0.25, -0.2) is 4.79 Å². The first kappa shape index (κ1) is 15.0. The molecule has 0 fully saturated rings. The number of carboxylic acids is 1. The minimum atomic E-state index is -1.04. The van der Waals surface area contributed by atoms with Crippen LogP contribution in [0.25, 0.3) is 0 Å². The van der Waals surface area contributed by atoms with Crippen molar-refractivity contribution in [1.29, 1.82) is 0 Å². The van der Waals surface area contributed by atoms with Crippen LogP contribution in [-0.2, 0) is 4.79 Å². The van der Waals surface area contributed by atoms with Crippen LogP contribution < -0.4 is 5.32 Å². The monoisotopic (exact) mass is 265 g/mol. The zero-order valence-electron chi connectivity index (χ0n) is 11.3. The molecule has 1 aromatic carbocycles. The van der Waals surface area contributed by atoms with Crippen molar-refractivity contribution in [2.45, 2.75) is 33.2 Å². The van der Waals surface area contributed by atoms with Gasteiger partial charge in [-0.15, -0.1) is 0 Å². The lowest BCUT2D eigenvalue weighted by Gasteiger charge is -2.20. The van der Waals surface area contributed by atoms with Gasteiger partial charge in [-0.3, -0.25) is 4.79 Å². The van der Waals surface area contributed by atoms with Crippen LogP contribution in [0.4, 0.5) is 0 Å². The highest BCUT2D eigenvalue weighted by molar-refractivity contribution is 5.98. The molecule has 0 saturated heterocycles. The highest BCUT2D eigenvalue weighted by atomic mass is 16.4. The Morgan fingerprint density at radius 2 is 2.00 bits per heavy atom. The lowest BCUT2D eigenvalue weighted by Crippen LogP contribution is -2.45. The summed E-state index contributed by atoms with van der Waals surface area (Å²) in [6.45, 7) is 5.34. The molecular formula is C14H19NO4. The van der Waals surface area contributed by atoms with E-state index in [4.69, 9.17) is 5.11 Å². The van der Waals surface area contributed by atoms with E-state index >= 15 is 0 Å². The van der Waals surface area contributed by atoms with Crippen molar-refractivity contribution < 1.29 is 19.8 Å². The topological polar surface area (TPSA) is 86.6 Å². The molecule has 0 aliphatic carbocycles. The van der Waals surface area contributed by atoms with E-state index in [9.17, 15) is 14.7 Å². The Bertz CT molecular complexity index is 484. The Balaban J connectivity index is 2.91. The quantitative estimate of drug-likeness (QED) is 0.759. The number of carbonyl (C=O) groups excluding carboxylic acids is 1. The van der Waals surface area contributed by atoms with E-state index in [0.717, 1.165) is 0 Å². The molecule has 0 heterocycles. The summed E-state index contributed by atoms with van der Waals surface area (Å²) in [5.41, 5.74) is 0.971. The maximum absolute atomic E-state index is 12.1. The van der Waals surface area contributed by atoms with Crippen molar-refractivity contribution in [2.24, 2.45) is 5.92 Å². The van der Waals surface area contributed by atoms with Gasteiger partial charge in [-0.1, -0.05) is 20.3 Å². The molecule has 5 nitrogen and oxygen atoms in total. The normalized spacial score (nSPS) is 13.6. The number of aliphatic carboxylic acids is 1. The number of nitrogens with one attached hydrogen (secondary N) is 1. The summed E-state index contributed by atoms with van der Waals surface area (Å²) in [4.78, 5) is 23.2. The molecule has 0 radical (unpaired) electrons. The fraction of sp³-hybridized carbons (Fsp3) is 0.429. The zero-order valence-corrected chi connectivity index (χ0v) is 11.3.